The lowest BCUT2D eigenvalue weighted by molar-refractivity contribution is -0.144. The summed E-state index contributed by atoms with van der Waals surface area (Å²) in [5, 5.41) is 36.3. The molecule has 1 fully saturated rings. The summed E-state index contributed by atoms with van der Waals surface area (Å²) in [5.41, 5.74) is 33.6. The number of nitrogens with one attached hydrogen (secondary N) is 7. The first-order valence-corrected chi connectivity index (χ1v) is 24.8. The highest BCUT2D eigenvalue weighted by Gasteiger charge is 2.41. The molecule has 2 rings (SSSR count). The summed E-state index contributed by atoms with van der Waals surface area (Å²) >= 11 is 0. The Morgan fingerprint density at radius 2 is 1.22 bits per heavy atom. The van der Waals surface area contributed by atoms with Gasteiger partial charge in [-0.05, 0) is 55.9 Å². The maximum absolute atomic E-state index is 14.3. The van der Waals surface area contributed by atoms with Crippen LogP contribution in [0.2, 0.25) is 0 Å². The van der Waals surface area contributed by atoms with Crippen LogP contribution in [0.4, 0.5) is 0 Å². The average molecular weight is 1070 g/mol. The highest BCUT2D eigenvalue weighted by Crippen LogP contribution is 2.21. The zero-order valence-corrected chi connectivity index (χ0v) is 43.3. The number of benzene rings is 1. The van der Waals surface area contributed by atoms with E-state index in [1.54, 1.807) is 58.0 Å². The Hall–Kier alpha value is -8.11. The first-order valence-electron chi connectivity index (χ1n) is 24.8. The molecule has 29 heteroatoms. The van der Waals surface area contributed by atoms with Crippen molar-refractivity contribution in [2.45, 2.75) is 140 Å². The molecule has 0 unspecified atom stereocenters. The minimum Gasteiger partial charge on any atom is -0.481 e. The fourth-order valence-corrected chi connectivity index (χ4v) is 7.82. The smallest absolute Gasteiger partial charge is 0.326 e. The Morgan fingerprint density at radius 1 is 0.671 bits per heavy atom. The molecule has 0 bridgehead atoms. The van der Waals surface area contributed by atoms with Crippen LogP contribution in [0.15, 0.2) is 40.3 Å². The second-order valence-electron chi connectivity index (χ2n) is 18.6. The lowest BCUT2D eigenvalue weighted by atomic mass is 9.98. The third kappa shape index (κ3) is 22.6. The van der Waals surface area contributed by atoms with Crippen molar-refractivity contribution >= 4 is 77.0 Å². The van der Waals surface area contributed by atoms with Crippen molar-refractivity contribution in [3.63, 3.8) is 0 Å². The zero-order chi connectivity index (χ0) is 57.2. The number of likely N-dealkylation sites (tertiary alicyclic amines) is 1. The van der Waals surface area contributed by atoms with Crippen LogP contribution >= 0.6 is 0 Å². The predicted molar refractivity (Wildman–Crippen MR) is 275 cm³/mol. The topological polar surface area (TPSA) is 497 Å². The Bertz CT molecular complexity index is 2260. The molecule has 1 heterocycles. The van der Waals surface area contributed by atoms with Gasteiger partial charge < -0.3 is 86.7 Å². The van der Waals surface area contributed by atoms with Gasteiger partial charge in [0.05, 0.1) is 25.4 Å². The first-order chi connectivity index (χ1) is 35.7. The molecular weight excluding hydrogens is 997 g/mol. The summed E-state index contributed by atoms with van der Waals surface area (Å²) in [6, 6.07) is -2.29. The van der Waals surface area contributed by atoms with Crippen LogP contribution in [0.25, 0.3) is 0 Å². The second kappa shape index (κ2) is 32.3. The maximum Gasteiger partial charge on any atom is 0.326 e. The minimum absolute atomic E-state index is 0.0119. The number of nitrogens with zero attached hydrogens (tertiary/aromatic N) is 3. The summed E-state index contributed by atoms with van der Waals surface area (Å²) in [7, 11) is 0. The standard InChI is InChI=1S/C47H76N16O13/c1-5-25(4)37(45(75)76)62-40(70)28(15-10-18-55-47(52)53)58-41(71)30(21-33(49)64)57-34(65)23-56-39(69)31(22-35(66)67)60-43(73)32-16-11-19-63(32)44(74)36(24(2)3)61-42(72)29(20-26-12-7-6-8-13-26)59-38(68)27(48)14-9-17-54-46(50)51/h6-8,12-13,24-25,27-32,36-37H,5,9-11,14-23,48H2,1-4H3,(H2,49,64)(H,56,69)(H,57,65)(H,58,71)(H,59,68)(H,60,73)(H,61,72)(H,62,70)(H,66,67)(H,75,76)(H4,50,51,54)(H4,52,53,55)/t25-,27-,28-,29-,30-,31-,32-,36-,37-/m0/s1. The number of carboxylic acid groups (broad SMARTS) is 2. The molecule has 21 N–H and O–H groups in total. The number of nitrogens with two attached hydrogens (primary N) is 6. The fourth-order valence-electron chi connectivity index (χ4n) is 7.82. The van der Waals surface area contributed by atoms with E-state index in [0.717, 1.165) is 0 Å². The average Bonchev–Trinajstić information content (AvgIpc) is 3.85. The van der Waals surface area contributed by atoms with Crippen LogP contribution < -0.4 is 71.6 Å². The van der Waals surface area contributed by atoms with E-state index in [1.165, 1.54) is 4.90 Å². The highest BCUT2D eigenvalue weighted by molar-refractivity contribution is 5.99. The summed E-state index contributed by atoms with van der Waals surface area (Å²) in [4.78, 5) is 154. The third-order valence-corrected chi connectivity index (χ3v) is 12.1. The Labute approximate surface area is 439 Å². The normalized spacial score (nSPS) is 16.1. The van der Waals surface area contributed by atoms with Gasteiger partial charge in [-0.3, -0.25) is 57.9 Å². The van der Waals surface area contributed by atoms with Gasteiger partial charge in [0.2, 0.25) is 53.2 Å². The molecule has 1 saturated heterocycles. The molecule has 9 amide bonds. The van der Waals surface area contributed by atoms with Crippen LogP contribution in [0, 0.1) is 11.8 Å². The summed E-state index contributed by atoms with van der Waals surface area (Å²) in [5.74, 6) is -12.7. The van der Waals surface area contributed by atoms with Crippen molar-refractivity contribution < 1.29 is 63.0 Å². The molecule has 76 heavy (non-hydrogen) atoms. The molecule has 1 aromatic carbocycles. The number of aliphatic imine (C=N–C) groups is 2. The molecule has 0 aromatic heterocycles. The van der Waals surface area contributed by atoms with Crippen LogP contribution in [0.5, 0.6) is 0 Å². The van der Waals surface area contributed by atoms with Crippen molar-refractivity contribution in [3.8, 4) is 0 Å². The number of hydrogen-bond acceptors (Lipinski definition) is 14. The van der Waals surface area contributed by atoms with E-state index in [1.807, 2.05) is 0 Å². The van der Waals surface area contributed by atoms with Gasteiger partial charge in [-0.25, -0.2) is 4.79 Å². The van der Waals surface area contributed by atoms with E-state index in [2.05, 4.69) is 47.2 Å². The van der Waals surface area contributed by atoms with Gasteiger partial charge in [0.25, 0.3) is 0 Å². The Balaban J connectivity index is 2.23. The van der Waals surface area contributed by atoms with E-state index in [0.29, 0.717) is 24.8 Å². The molecule has 0 radical (unpaired) electrons. The summed E-state index contributed by atoms with van der Waals surface area (Å²) in [6.45, 7) is 5.94. The van der Waals surface area contributed by atoms with E-state index >= 15 is 0 Å². The Morgan fingerprint density at radius 3 is 1.78 bits per heavy atom. The monoisotopic (exact) mass is 1070 g/mol. The SMILES string of the molecule is CC[C@H](C)[C@H](NC(=O)[C@H](CCCN=C(N)N)NC(=O)[C@H](CC(N)=O)NC(=O)CNC(=O)[C@H](CC(=O)O)NC(=O)[C@@H]1CCCN1C(=O)[C@@H](NC(=O)[C@H](Cc1ccccc1)NC(=O)[C@@H](N)CCCN=C(N)N)C(C)C)C(=O)O. The van der Waals surface area contributed by atoms with Gasteiger partial charge in [0.1, 0.15) is 42.3 Å². The molecule has 29 nitrogen and oxygen atoms in total. The van der Waals surface area contributed by atoms with Crippen molar-refractivity contribution in [3.05, 3.63) is 35.9 Å². The van der Waals surface area contributed by atoms with Crippen molar-refractivity contribution in [2.24, 2.45) is 56.2 Å². The highest BCUT2D eigenvalue weighted by atomic mass is 16.4. The maximum atomic E-state index is 14.3. The minimum atomic E-state index is -1.82. The van der Waals surface area contributed by atoms with Crippen molar-refractivity contribution in [2.75, 3.05) is 26.2 Å². The molecule has 1 aliphatic heterocycles. The largest absolute Gasteiger partial charge is 0.481 e. The van der Waals surface area contributed by atoms with E-state index < -0.39 is 145 Å². The van der Waals surface area contributed by atoms with Crippen LogP contribution in [-0.2, 0) is 59.2 Å². The third-order valence-electron chi connectivity index (χ3n) is 12.1. The van der Waals surface area contributed by atoms with Crippen molar-refractivity contribution in [1.82, 2.24) is 42.1 Å². The lowest BCUT2D eigenvalue weighted by Gasteiger charge is -2.32. The van der Waals surface area contributed by atoms with Crippen LogP contribution in [-0.4, -0.2) is 167 Å². The number of rotatable bonds is 33. The molecule has 0 spiro atoms. The van der Waals surface area contributed by atoms with Gasteiger partial charge >= 0.3 is 11.9 Å². The fraction of sp³-hybridized carbons (Fsp3) is 0.596. The quantitative estimate of drug-likeness (QED) is 0.0178. The number of amides is 9. The number of carboxylic acids is 2. The van der Waals surface area contributed by atoms with Gasteiger partial charge in [0.15, 0.2) is 11.9 Å². The molecule has 422 valence electrons. The molecule has 0 aliphatic carbocycles. The number of carbonyl (C=O) groups excluding carboxylic acids is 9. The van der Waals surface area contributed by atoms with E-state index in [-0.39, 0.29) is 63.7 Å². The summed E-state index contributed by atoms with van der Waals surface area (Å²) < 4.78 is 0. The van der Waals surface area contributed by atoms with Crippen LogP contribution in [0.3, 0.4) is 0 Å². The lowest BCUT2D eigenvalue weighted by Crippen LogP contribution is -2.60. The summed E-state index contributed by atoms with van der Waals surface area (Å²) in [6.07, 6.45) is -0.494. The molecule has 1 aromatic rings. The van der Waals surface area contributed by atoms with Gasteiger partial charge in [-0.1, -0.05) is 64.4 Å². The van der Waals surface area contributed by atoms with E-state index in [4.69, 9.17) is 34.4 Å². The second-order valence-corrected chi connectivity index (χ2v) is 18.6. The van der Waals surface area contributed by atoms with E-state index in [9.17, 15) is 63.0 Å². The van der Waals surface area contributed by atoms with Gasteiger partial charge in [0, 0.05) is 26.1 Å². The first kappa shape index (κ1) is 64.0. The molecule has 1 aliphatic rings. The van der Waals surface area contributed by atoms with Gasteiger partial charge in [-0.15, -0.1) is 0 Å². The molecular formula is C47H76N16O13. The number of primary amides is 1. The Kier molecular flexibility index (Phi) is 27.2. The van der Waals surface area contributed by atoms with Gasteiger partial charge in [-0.2, -0.15) is 0 Å². The zero-order valence-electron chi connectivity index (χ0n) is 43.3. The number of guanidine groups is 2. The number of hydrogen-bond donors (Lipinski definition) is 15. The number of aliphatic carboxylic acids is 2. The molecule has 0 saturated carbocycles. The number of carbonyl (C=O) groups is 11. The predicted octanol–water partition coefficient (Wildman–Crippen LogP) is -5.18. The van der Waals surface area contributed by atoms with Crippen molar-refractivity contribution in [1.29, 1.82) is 0 Å². The molecule has 9 atom stereocenters. The van der Waals surface area contributed by atoms with Crippen LogP contribution in [0.1, 0.15) is 91.0 Å².